The molecule has 2 aromatic heterocycles. The van der Waals surface area contributed by atoms with Crippen LogP contribution >= 0.6 is 0 Å². The second-order valence-electron chi connectivity index (χ2n) is 8.38. The van der Waals surface area contributed by atoms with Crippen LogP contribution in [0.25, 0.3) is 27.7 Å². The van der Waals surface area contributed by atoms with Gasteiger partial charge in [-0.2, -0.15) is 0 Å². The van der Waals surface area contributed by atoms with Crippen molar-refractivity contribution in [3.05, 3.63) is 53.2 Å². The number of aliphatic imine (C=N–C) groups is 1. The molecule has 5 rings (SSSR count). The Hall–Kier alpha value is -3.62. The molecule has 1 aliphatic heterocycles. The molecular formula is C24H24F2N6O. The average Bonchev–Trinajstić information content (AvgIpc) is 3.61. The molecule has 33 heavy (non-hydrogen) atoms. The molecule has 1 amide bonds. The SMILES string of the molecule is CN=CC(=CN)c1nc2cccc(-c3nc(C4CC4)n4c3CN(C=O)CC4)c2cc1C(F)F. The Bertz CT molecular complexity index is 1290. The topological polar surface area (TPSA) is 89.4 Å². The van der Waals surface area contributed by atoms with Gasteiger partial charge < -0.3 is 15.2 Å². The van der Waals surface area contributed by atoms with E-state index in [1.807, 2.05) is 12.1 Å². The third-order valence-electron chi connectivity index (χ3n) is 6.26. The molecule has 3 aromatic rings. The summed E-state index contributed by atoms with van der Waals surface area (Å²) >= 11 is 0. The Kier molecular flexibility index (Phi) is 5.39. The molecule has 7 nitrogen and oxygen atoms in total. The summed E-state index contributed by atoms with van der Waals surface area (Å²) in [6, 6.07) is 7.00. The van der Waals surface area contributed by atoms with E-state index in [-0.39, 0.29) is 11.3 Å². The Labute approximate surface area is 189 Å². The molecule has 0 atom stereocenters. The van der Waals surface area contributed by atoms with Crippen molar-refractivity contribution in [3.63, 3.8) is 0 Å². The number of halogens is 2. The number of pyridine rings is 1. The first-order valence-corrected chi connectivity index (χ1v) is 10.9. The van der Waals surface area contributed by atoms with Crippen molar-refractivity contribution in [1.29, 1.82) is 0 Å². The monoisotopic (exact) mass is 450 g/mol. The minimum Gasteiger partial charge on any atom is -0.404 e. The summed E-state index contributed by atoms with van der Waals surface area (Å²) in [6.45, 7) is 1.76. The largest absolute Gasteiger partial charge is 0.404 e. The number of allylic oxidation sites excluding steroid dienone is 1. The number of hydrogen-bond acceptors (Lipinski definition) is 5. The van der Waals surface area contributed by atoms with Crippen molar-refractivity contribution in [2.75, 3.05) is 13.6 Å². The lowest BCUT2D eigenvalue weighted by Gasteiger charge is -2.26. The van der Waals surface area contributed by atoms with E-state index in [0.717, 1.165) is 42.0 Å². The predicted octanol–water partition coefficient (Wildman–Crippen LogP) is 3.89. The highest BCUT2D eigenvalue weighted by molar-refractivity contribution is 6.10. The van der Waals surface area contributed by atoms with Gasteiger partial charge in [0.25, 0.3) is 6.43 Å². The minimum absolute atomic E-state index is 0.111. The summed E-state index contributed by atoms with van der Waals surface area (Å²) in [5.41, 5.74) is 8.88. The van der Waals surface area contributed by atoms with Crippen LogP contribution in [0.2, 0.25) is 0 Å². The fraction of sp³-hybridized carbons (Fsp3) is 0.333. The zero-order chi connectivity index (χ0) is 23.1. The van der Waals surface area contributed by atoms with Gasteiger partial charge in [-0.15, -0.1) is 0 Å². The number of fused-ring (bicyclic) bond motifs is 2. The quantitative estimate of drug-likeness (QED) is 0.456. The first-order chi connectivity index (χ1) is 16.0. The van der Waals surface area contributed by atoms with Crippen molar-refractivity contribution in [1.82, 2.24) is 19.4 Å². The number of rotatable bonds is 6. The van der Waals surface area contributed by atoms with Crippen molar-refractivity contribution < 1.29 is 13.6 Å². The van der Waals surface area contributed by atoms with E-state index in [4.69, 9.17) is 10.7 Å². The Balaban J connectivity index is 1.73. The summed E-state index contributed by atoms with van der Waals surface area (Å²) in [7, 11) is 1.55. The Morgan fingerprint density at radius 3 is 2.76 bits per heavy atom. The van der Waals surface area contributed by atoms with E-state index in [9.17, 15) is 13.6 Å². The van der Waals surface area contributed by atoms with E-state index in [2.05, 4.69) is 14.5 Å². The number of aromatic nitrogens is 3. The summed E-state index contributed by atoms with van der Waals surface area (Å²) in [5.74, 6) is 1.44. The smallest absolute Gasteiger partial charge is 0.265 e. The second kappa shape index (κ2) is 8.38. The lowest BCUT2D eigenvalue weighted by atomic mass is 9.99. The molecule has 0 radical (unpaired) electrons. The van der Waals surface area contributed by atoms with Crippen LogP contribution in [-0.2, 0) is 17.9 Å². The Morgan fingerprint density at radius 2 is 2.09 bits per heavy atom. The van der Waals surface area contributed by atoms with Crippen molar-refractivity contribution in [3.8, 4) is 11.3 Å². The van der Waals surface area contributed by atoms with Crippen LogP contribution in [0.4, 0.5) is 8.78 Å². The summed E-state index contributed by atoms with van der Waals surface area (Å²) in [6.07, 6.45) is 2.95. The van der Waals surface area contributed by atoms with Crippen LogP contribution in [0.15, 0.2) is 35.5 Å². The first kappa shape index (κ1) is 21.2. The Morgan fingerprint density at radius 1 is 1.27 bits per heavy atom. The predicted molar refractivity (Wildman–Crippen MR) is 123 cm³/mol. The molecule has 2 N–H and O–H groups in total. The van der Waals surface area contributed by atoms with E-state index < -0.39 is 6.43 Å². The van der Waals surface area contributed by atoms with Gasteiger partial charge in [-0.1, -0.05) is 12.1 Å². The molecule has 1 fully saturated rings. The van der Waals surface area contributed by atoms with E-state index in [1.54, 1.807) is 18.0 Å². The number of carbonyl (C=O) groups excluding carboxylic acids is 1. The van der Waals surface area contributed by atoms with Crippen molar-refractivity contribution >= 4 is 29.1 Å². The van der Waals surface area contributed by atoms with Gasteiger partial charge in [0.05, 0.1) is 29.1 Å². The normalized spacial score (nSPS) is 16.7. The number of benzene rings is 1. The first-order valence-electron chi connectivity index (χ1n) is 10.9. The van der Waals surface area contributed by atoms with Crippen molar-refractivity contribution in [2.24, 2.45) is 10.7 Å². The standard InChI is InChI=1S/C24H24F2N6O/c1-28-11-15(10-27)21-18(23(25)26)9-17-16(3-2-4-19(17)29-21)22-20-12-31(13-33)7-8-32(20)24(30-22)14-5-6-14/h2-4,9-11,13-14,23H,5-8,12,27H2,1H3. The van der Waals surface area contributed by atoms with E-state index >= 15 is 0 Å². The second-order valence-corrected chi connectivity index (χ2v) is 8.38. The molecule has 0 saturated heterocycles. The highest BCUT2D eigenvalue weighted by atomic mass is 19.3. The molecule has 1 aromatic carbocycles. The maximum Gasteiger partial charge on any atom is 0.265 e. The van der Waals surface area contributed by atoms with Crippen LogP contribution in [0.1, 0.15) is 48.0 Å². The number of carbonyl (C=O) groups is 1. The van der Waals surface area contributed by atoms with Gasteiger partial charge in [0.2, 0.25) is 6.41 Å². The zero-order valence-corrected chi connectivity index (χ0v) is 18.2. The third kappa shape index (κ3) is 3.67. The average molecular weight is 450 g/mol. The molecule has 2 aliphatic rings. The lowest BCUT2D eigenvalue weighted by molar-refractivity contribution is -0.119. The number of nitrogens with two attached hydrogens (primary N) is 1. The summed E-state index contributed by atoms with van der Waals surface area (Å²) in [5, 5.41) is 0.591. The zero-order valence-electron chi connectivity index (χ0n) is 18.2. The molecule has 0 unspecified atom stereocenters. The fourth-order valence-electron chi connectivity index (χ4n) is 4.51. The molecule has 0 spiro atoms. The number of hydrogen-bond donors (Lipinski definition) is 1. The molecule has 170 valence electrons. The highest BCUT2D eigenvalue weighted by Gasteiger charge is 2.34. The third-order valence-corrected chi connectivity index (χ3v) is 6.26. The maximum absolute atomic E-state index is 14.1. The summed E-state index contributed by atoms with van der Waals surface area (Å²) in [4.78, 5) is 26.6. The van der Waals surface area contributed by atoms with Crippen molar-refractivity contribution in [2.45, 2.75) is 38.3 Å². The number of nitrogens with zero attached hydrogens (tertiary/aromatic N) is 5. The van der Waals surface area contributed by atoms with Crippen LogP contribution in [0.3, 0.4) is 0 Å². The minimum atomic E-state index is -2.74. The van der Waals surface area contributed by atoms with Gasteiger partial charge in [0, 0.05) is 60.6 Å². The van der Waals surface area contributed by atoms with Gasteiger partial charge in [-0.3, -0.25) is 9.79 Å². The van der Waals surface area contributed by atoms with Gasteiger partial charge in [0.15, 0.2) is 0 Å². The van der Waals surface area contributed by atoms with Gasteiger partial charge in [-0.25, -0.2) is 18.7 Å². The van der Waals surface area contributed by atoms with Crippen LogP contribution in [0.5, 0.6) is 0 Å². The molecule has 1 aliphatic carbocycles. The maximum atomic E-state index is 14.1. The van der Waals surface area contributed by atoms with Gasteiger partial charge in [0.1, 0.15) is 5.82 Å². The molecule has 9 heteroatoms. The van der Waals surface area contributed by atoms with Gasteiger partial charge in [-0.05, 0) is 25.0 Å². The molecule has 1 saturated carbocycles. The molecular weight excluding hydrogens is 426 g/mol. The number of amides is 1. The summed E-state index contributed by atoms with van der Waals surface area (Å²) < 4.78 is 30.4. The fourth-order valence-corrected chi connectivity index (χ4v) is 4.51. The highest BCUT2D eigenvalue weighted by Crippen LogP contribution is 2.43. The van der Waals surface area contributed by atoms with E-state index in [0.29, 0.717) is 42.0 Å². The van der Waals surface area contributed by atoms with E-state index in [1.165, 1.54) is 18.5 Å². The molecule has 3 heterocycles. The van der Waals surface area contributed by atoms with Crippen LogP contribution in [-0.4, -0.2) is 45.7 Å². The van der Waals surface area contributed by atoms with Gasteiger partial charge >= 0.3 is 0 Å². The molecule has 0 bridgehead atoms. The number of alkyl halides is 2. The number of imidazole rings is 1. The van der Waals surface area contributed by atoms with Crippen LogP contribution in [0, 0.1) is 0 Å². The van der Waals surface area contributed by atoms with Crippen LogP contribution < -0.4 is 5.73 Å². The lowest BCUT2D eigenvalue weighted by Crippen LogP contribution is -2.33.